The normalized spacial score (nSPS) is 18.0. The van der Waals surface area contributed by atoms with E-state index in [0.717, 1.165) is 31.7 Å². The summed E-state index contributed by atoms with van der Waals surface area (Å²) < 4.78 is 14.2. The van der Waals surface area contributed by atoms with Crippen molar-refractivity contribution >= 4 is 11.7 Å². The SMILES string of the molecule is O=C(O)C1(Cc2cccc([N+](=O)[O-])c2F)CCCCCC1. The Balaban J connectivity index is 2.35. The summed E-state index contributed by atoms with van der Waals surface area (Å²) in [6.07, 6.45) is 4.54. The zero-order chi connectivity index (χ0) is 15.5. The lowest BCUT2D eigenvalue weighted by molar-refractivity contribution is -0.387. The average molecular weight is 295 g/mol. The molecular weight excluding hydrogens is 277 g/mol. The average Bonchev–Trinajstić information content (AvgIpc) is 2.67. The van der Waals surface area contributed by atoms with Crippen LogP contribution < -0.4 is 0 Å². The number of hydrogen-bond acceptors (Lipinski definition) is 3. The summed E-state index contributed by atoms with van der Waals surface area (Å²) in [5, 5.41) is 20.4. The quantitative estimate of drug-likeness (QED) is 0.521. The van der Waals surface area contributed by atoms with Gasteiger partial charge in [0.1, 0.15) is 0 Å². The second-order valence-electron chi connectivity index (χ2n) is 5.68. The van der Waals surface area contributed by atoms with Crippen LogP contribution in [0.25, 0.3) is 0 Å². The monoisotopic (exact) mass is 295 g/mol. The standard InChI is InChI=1S/C15H18FNO4/c16-13-11(6-5-7-12(13)17(20)21)10-15(14(18)19)8-3-1-2-4-9-15/h5-7H,1-4,8-10H2,(H,18,19). The molecule has 1 aromatic carbocycles. The van der Waals surface area contributed by atoms with Gasteiger partial charge in [-0.2, -0.15) is 4.39 Å². The number of benzene rings is 1. The first-order valence-electron chi connectivity index (χ1n) is 7.11. The van der Waals surface area contributed by atoms with Crippen LogP contribution in [0, 0.1) is 21.3 Å². The third kappa shape index (κ3) is 3.20. The molecule has 2 rings (SSSR count). The molecule has 0 amide bonds. The minimum absolute atomic E-state index is 0.00977. The molecule has 0 saturated heterocycles. The summed E-state index contributed by atoms with van der Waals surface area (Å²) >= 11 is 0. The topological polar surface area (TPSA) is 80.4 Å². The van der Waals surface area contributed by atoms with Gasteiger partial charge in [-0.3, -0.25) is 14.9 Å². The number of nitro groups is 1. The van der Waals surface area contributed by atoms with Gasteiger partial charge in [-0.1, -0.05) is 37.8 Å². The predicted octanol–water partition coefficient (Wildman–Crippen LogP) is 3.70. The zero-order valence-corrected chi connectivity index (χ0v) is 11.7. The molecule has 1 fully saturated rings. The maximum absolute atomic E-state index is 14.2. The molecule has 114 valence electrons. The number of hydrogen-bond donors (Lipinski definition) is 1. The van der Waals surface area contributed by atoms with Crippen LogP contribution in [0.2, 0.25) is 0 Å². The van der Waals surface area contributed by atoms with Crippen LogP contribution in [0.5, 0.6) is 0 Å². The van der Waals surface area contributed by atoms with Gasteiger partial charge < -0.3 is 5.11 Å². The van der Waals surface area contributed by atoms with Crippen LogP contribution in [0.15, 0.2) is 18.2 Å². The smallest absolute Gasteiger partial charge is 0.309 e. The molecule has 21 heavy (non-hydrogen) atoms. The van der Waals surface area contributed by atoms with E-state index < -0.39 is 27.8 Å². The van der Waals surface area contributed by atoms with Crippen molar-refractivity contribution in [2.24, 2.45) is 5.41 Å². The van der Waals surface area contributed by atoms with E-state index in [0.29, 0.717) is 12.8 Å². The maximum Gasteiger partial charge on any atom is 0.309 e. The highest BCUT2D eigenvalue weighted by Gasteiger charge is 2.39. The molecule has 0 aliphatic heterocycles. The molecule has 0 bridgehead atoms. The van der Waals surface area contributed by atoms with E-state index in [1.807, 2.05) is 0 Å². The lowest BCUT2D eigenvalue weighted by Gasteiger charge is -2.28. The van der Waals surface area contributed by atoms with E-state index >= 15 is 0 Å². The van der Waals surface area contributed by atoms with Crippen molar-refractivity contribution in [2.75, 3.05) is 0 Å². The highest BCUT2D eigenvalue weighted by atomic mass is 19.1. The second kappa shape index (κ2) is 6.20. The van der Waals surface area contributed by atoms with E-state index in [4.69, 9.17) is 0 Å². The van der Waals surface area contributed by atoms with E-state index in [1.54, 1.807) is 0 Å². The molecule has 1 aliphatic carbocycles. The Morgan fingerprint density at radius 3 is 2.43 bits per heavy atom. The third-order valence-corrected chi connectivity index (χ3v) is 4.30. The summed E-state index contributed by atoms with van der Waals surface area (Å²) in [5.41, 5.74) is -1.48. The first-order chi connectivity index (χ1) is 9.96. The van der Waals surface area contributed by atoms with E-state index in [-0.39, 0.29) is 12.0 Å². The van der Waals surface area contributed by atoms with Gasteiger partial charge in [-0.05, 0) is 24.8 Å². The molecule has 0 unspecified atom stereocenters. The Labute approximate surface area is 121 Å². The minimum atomic E-state index is -1.01. The number of carbonyl (C=O) groups is 1. The maximum atomic E-state index is 14.2. The molecule has 0 spiro atoms. The first-order valence-corrected chi connectivity index (χ1v) is 7.11. The number of halogens is 1. The van der Waals surface area contributed by atoms with Gasteiger partial charge >= 0.3 is 11.7 Å². The first kappa shape index (κ1) is 15.4. The van der Waals surface area contributed by atoms with Gasteiger partial charge in [0.2, 0.25) is 5.82 Å². The van der Waals surface area contributed by atoms with Gasteiger partial charge in [0, 0.05) is 6.07 Å². The van der Waals surface area contributed by atoms with Crippen LogP contribution in [0.1, 0.15) is 44.1 Å². The Morgan fingerprint density at radius 1 is 1.29 bits per heavy atom. The van der Waals surface area contributed by atoms with Gasteiger partial charge in [0.05, 0.1) is 10.3 Å². The molecule has 0 aromatic heterocycles. The van der Waals surface area contributed by atoms with Crippen molar-refractivity contribution in [3.63, 3.8) is 0 Å². The van der Waals surface area contributed by atoms with Crippen molar-refractivity contribution in [3.05, 3.63) is 39.7 Å². The minimum Gasteiger partial charge on any atom is -0.481 e. The fraction of sp³-hybridized carbons (Fsp3) is 0.533. The molecule has 1 aliphatic rings. The van der Waals surface area contributed by atoms with Gasteiger partial charge in [0.15, 0.2) is 0 Å². The Bertz CT molecular complexity index is 551. The summed E-state index contributed by atoms with van der Waals surface area (Å²) in [5.74, 6) is -1.84. The molecular formula is C15H18FNO4. The molecule has 1 saturated carbocycles. The third-order valence-electron chi connectivity index (χ3n) is 4.30. The van der Waals surface area contributed by atoms with Crippen LogP contribution in [0.4, 0.5) is 10.1 Å². The second-order valence-corrected chi connectivity index (χ2v) is 5.68. The van der Waals surface area contributed by atoms with Crippen LogP contribution in [0.3, 0.4) is 0 Å². The van der Waals surface area contributed by atoms with Crippen LogP contribution in [-0.2, 0) is 11.2 Å². The van der Waals surface area contributed by atoms with Crippen molar-refractivity contribution in [3.8, 4) is 0 Å². The number of nitrogens with zero attached hydrogens (tertiary/aromatic N) is 1. The van der Waals surface area contributed by atoms with Crippen molar-refractivity contribution < 1.29 is 19.2 Å². The van der Waals surface area contributed by atoms with Crippen LogP contribution >= 0.6 is 0 Å². The molecule has 5 nitrogen and oxygen atoms in total. The highest BCUT2D eigenvalue weighted by molar-refractivity contribution is 5.75. The van der Waals surface area contributed by atoms with Gasteiger partial charge in [-0.25, -0.2) is 0 Å². The van der Waals surface area contributed by atoms with Crippen LogP contribution in [-0.4, -0.2) is 16.0 Å². The lowest BCUT2D eigenvalue weighted by atomic mass is 9.75. The molecule has 0 radical (unpaired) electrons. The zero-order valence-electron chi connectivity index (χ0n) is 11.7. The van der Waals surface area contributed by atoms with Gasteiger partial charge in [-0.15, -0.1) is 0 Å². The Morgan fingerprint density at radius 2 is 1.90 bits per heavy atom. The summed E-state index contributed by atoms with van der Waals surface area (Å²) in [7, 11) is 0. The number of carboxylic acid groups (broad SMARTS) is 1. The molecule has 0 atom stereocenters. The largest absolute Gasteiger partial charge is 0.481 e. The molecule has 0 heterocycles. The number of aliphatic carboxylic acids is 1. The molecule has 6 heteroatoms. The fourth-order valence-electron chi connectivity index (χ4n) is 3.08. The van der Waals surface area contributed by atoms with E-state index in [9.17, 15) is 24.4 Å². The fourth-order valence-corrected chi connectivity index (χ4v) is 3.08. The highest BCUT2D eigenvalue weighted by Crippen LogP contribution is 2.39. The lowest BCUT2D eigenvalue weighted by Crippen LogP contribution is -2.33. The van der Waals surface area contributed by atoms with Crippen molar-refractivity contribution in [1.29, 1.82) is 0 Å². The summed E-state index contributed by atoms with van der Waals surface area (Å²) in [4.78, 5) is 21.7. The van der Waals surface area contributed by atoms with Crippen molar-refractivity contribution in [2.45, 2.75) is 44.9 Å². The number of carboxylic acids is 1. The van der Waals surface area contributed by atoms with E-state index in [1.165, 1.54) is 12.1 Å². The van der Waals surface area contributed by atoms with E-state index in [2.05, 4.69) is 0 Å². The summed E-state index contributed by atoms with van der Waals surface area (Å²) in [6, 6.07) is 3.94. The predicted molar refractivity (Wildman–Crippen MR) is 74.5 cm³/mol. The van der Waals surface area contributed by atoms with Gasteiger partial charge in [0.25, 0.3) is 0 Å². The Hall–Kier alpha value is -1.98. The molecule has 1 aromatic rings. The summed E-state index contributed by atoms with van der Waals surface area (Å²) in [6.45, 7) is 0. The number of nitro benzene ring substituents is 1. The Kier molecular flexibility index (Phi) is 4.55. The van der Waals surface area contributed by atoms with Crippen molar-refractivity contribution in [1.82, 2.24) is 0 Å². The number of rotatable bonds is 4. The molecule has 1 N–H and O–H groups in total.